The molecule has 0 amide bonds. The molecule has 0 aromatic heterocycles. The lowest BCUT2D eigenvalue weighted by Crippen LogP contribution is -2.77. The van der Waals surface area contributed by atoms with Gasteiger partial charge in [-0.15, -0.1) is 0 Å². The zero-order valence-electron chi connectivity index (χ0n) is 16.3. The molecule has 0 atom stereocenters. The highest BCUT2D eigenvalue weighted by Gasteiger charge is 2.53. The zero-order valence-corrected chi connectivity index (χ0v) is 16.3. The van der Waals surface area contributed by atoms with Gasteiger partial charge < -0.3 is 28.9 Å². The van der Waals surface area contributed by atoms with Gasteiger partial charge in [0.25, 0.3) is 0 Å². The summed E-state index contributed by atoms with van der Waals surface area (Å²) in [7, 11) is 0. The van der Waals surface area contributed by atoms with Gasteiger partial charge in [-0.2, -0.15) is 0 Å². The largest absolute Gasteiger partial charge is 0.487 e. The van der Waals surface area contributed by atoms with Crippen molar-refractivity contribution >= 4 is 17.1 Å². The van der Waals surface area contributed by atoms with Gasteiger partial charge >= 0.3 is 0 Å². The normalized spacial score (nSPS) is 25.2. The maximum absolute atomic E-state index is 6.22. The van der Waals surface area contributed by atoms with Gasteiger partial charge in [0.15, 0.2) is 0 Å². The summed E-state index contributed by atoms with van der Waals surface area (Å²) in [4.78, 5) is 7.40. The van der Waals surface area contributed by atoms with Crippen LogP contribution in [0.3, 0.4) is 0 Å². The maximum atomic E-state index is 6.22. The number of hydrogen-bond acceptors (Lipinski definition) is 6. The minimum Gasteiger partial charge on any atom is -0.487 e. The van der Waals surface area contributed by atoms with E-state index in [2.05, 4.69) is 51.1 Å². The fraction of sp³-hybridized carbons (Fsp3) is 0.250. The minimum atomic E-state index is 0.0602. The molecule has 6 heteroatoms. The lowest BCUT2D eigenvalue weighted by Gasteiger charge is -2.62. The molecule has 3 aromatic rings. The van der Waals surface area contributed by atoms with E-state index in [0.29, 0.717) is 19.8 Å². The van der Waals surface area contributed by atoms with Crippen molar-refractivity contribution < 1.29 is 14.2 Å². The molecule has 30 heavy (non-hydrogen) atoms. The molecule has 7 rings (SSSR count). The highest BCUT2D eigenvalue weighted by atomic mass is 16.5. The average Bonchev–Trinajstić information content (AvgIpc) is 2.82. The molecule has 0 bridgehead atoms. The molecule has 4 aliphatic rings. The molecule has 1 fully saturated rings. The fourth-order valence-corrected chi connectivity index (χ4v) is 5.31. The average molecular weight is 399 g/mol. The van der Waals surface area contributed by atoms with Gasteiger partial charge in [0.2, 0.25) is 0 Å². The Morgan fingerprint density at radius 3 is 1.10 bits per heavy atom. The standard InChI is InChI=1S/C24H21N3O3/c1-4-10-19-16(7-1)25-22(13-28-19)26-18-9-3-6-12-21(18)30-15-24(26)27-17-8-2-5-11-20(17)29-14-23(25)27/h1-12,22-24H,13-15H2. The Hall–Kier alpha value is -3.54. The molecule has 4 heterocycles. The van der Waals surface area contributed by atoms with Crippen LogP contribution in [0.2, 0.25) is 0 Å². The summed E-state index contributed by atoms with van der Waals surface area (Å²) in [6.07, 6.45) is 0.181. The first-order valence-electron chi connectivity index (χ1n) is 10.4. The predicted molar refractivity (Wildman–Crippen MR) is 115 cm³/mol. The highest BCUT2D eigenvalue weighted by molar-refractivity contribution is 5.74. The van der Waals surface area contributed by atoms with E-state index >= 15 is 0 Å². The molecule has 0 spiro atoms. The fourth-order valence-electron chi connectivity index (χ4n) is 5.31. The Kier molecular flexibility index (Phi) is 3.25. The van der Waals surface area contributed by atoms with Gasteiger partial charge in [-0.3, -0.25) is 0 Å². The lowest BCUT2D eigenvalue weighted by atomic mass is 10.0. The predicted octanol–water partition coefficient (Wildman–Crippen LogP) is 3.68. The van der Waals surface area contributed by atoms with Gasteiger partial charge in [-0.05, 0) is 36.4 Å². The van der Waals surface area contributed by atoms with Crippen LogP contribution in [0.5, 0.6) is 17.2 Å². The Balaban J connectivity index is 1.46. The van der Waals surface area contributed by atoms with Crippen molar-refractivity contribution in [1.29, 1.82) is 0 Å². The minimum absolute atomic E-state index is 0.0602. The van der Waals surface area contributed by atoms with Crippen LogP contribution >= 0.6 is 0 Å². The molecular formula is C24H21N3O3. The van der Waals surface area contributed by atoms with E-state index in [4.69, 9.17) is 14.2 Å². The summed E-state index contributed by atoms with van der Waals surface area (Å²) in [5.74, 6) is 2.77. The van der Waals surface area contributed by atoms with Crippen LogP contribution in [0.4, 0.5) is 17.1 Å². The Morgan fingerprint density at radius 2 is 0.767 bits per heavy atom. The molecule has 0 N–H and O–H groups in total. The lowest BCUT2D eigenvalue weighted by molar-refractivity contribution is 0.140. The number of fused-ring (bicyclic) bond motifs is 12. The van der Waals surface area contributed by atoms with Crippen molar-refractivity contribution in [1.82, 2.24) is 0 Å². The van der Waals surface area contributed by atoms with E-state index in [1.807, 2.05) is 36.4 Å². The number of para-hydroxylation sites is 6. The van der Waals surface area contributed by atoms with Gasteiger partial charge in [0.05, 0.1) is 17.1 Å². The van der Waals surface area contributed by atoms with Gasteiger partial charge in [0, 0.05) is 0 Å². The quantitative estimate of drug-likeness (QED) is 0.574. The smallest absolute Gasteiger partial charge is 0.142 e. The molecule has 0 aliphatic carbocycles. The van der Waals surface area contributed by atoms with Crippen LogP contribution in [0.25, 0.3) is 0 Å². The highest BCUT2D eigenvalue weighted by Crippen LogP contribution is 2.49. The number of ether oxygens (including phenoxy) is 3. The Bertz CT molecular complexity index is 982. The molecule has 1 saturated heterocycles. The monoisotopic (exact) mass is 399 g/mol. The van der Waals surface area contributed by atoms with Gasteiger partial charge in [-0.1, -0.05) is 36.4 Å². The first-order valence-corrected chi connectivity index (χ1v) is 10.4. The Morgan fingerprint density at radius 1 is 0.467 bits per heavy atom. The van der Waals surface area contributed by atoms with Crippen LogP contribution in [0.1, 0.15) is 0 Å². The van der Waals surface area contributed by atoms with Gasteiger partial charge in [0.1, 0.15) is 55.6 Å². The summed E-state index contributed by atoms with van der Waals surface area (Å²) >= 11 is 0. The summed E-state index contributed by atoms with van der Waals surface area (Å²) in [6.45, 7) is 1.77. The van der Waals surface area contributed by atoms with Crippen LogP contribution in [-0.2, 0) is 0 Å². The molecular weight excluding hydrogens is 378 g/mol. The number of nitrogens with zero attached hydrogens (tertiary/aromatic N) is 3. The van der Waals surface area contributed by atoms with E-state index in [1.165, 1.54) is 0 Å². The topological polar surface area (TPSA) is 37.4 Å². The van der Waals surface area contributed by atoms with E-state index in [1.54, 1.807) is 0 Å². The Labute approximate surface area is 174 Å². The molecule has 6 nitrogen and oxygen atoms in total. The molecule has 0 saturated carbocycles. The van der Waals surface area contributed by atoms with Gasteiger partial charge in [-0.25, -0.2) is 0 Å². The van der Waals surface area contributed by atoms with E-state index < -0.39 is 0 Å². The number of hydrogen-bond donors (Lipinski definition) is 0. The summed E-state index contributed by atoms with van der Waals surface area (Å²) < 4.78 is 18.7. The molecule has 0 unspecified atom stereocenters. The van der Waals surface area contributed by atoms with Crippen molar-refractivity contribution in [2.75, 3.05) is 34.5 Å². The number of benzene rings is 3. The van der Waals surface area contributed by atoms with Crippen LogP contribution in [0.15, 0.2) is 72.8 Å². The molecule has 4 aliphatic heterocycles. The summed E-state index contributed by atoms with van der Waals surface area (Å²) in [6, 6.07) is 24.9. The van der Waals surface area contributed by atoms with Crippen LogP contribution in [-0.4, -0.2) is 38.3 Å². The SMILES string of the molecule is c1ccc2c(c1)OCC1N2C2COc3ccccc3N2C2COc3ccccc3N12. The third-order valence-corrected chi connectivity index (χ3v) is 6.52. The first kappa shape index (κ1) is 16.3. The summed E-state index contributed by atoms with van der Waals surface area (Å²) in [5.41, 5.74) is 3.32. The number of anilines is 3. The second-order valence-corrected chi connectivity index (χ2v) is 8.00. The van der Waals surface area contributed by atoms with Crippen molar-refractivity contribution in [2.45, 2.75) is 18.5 Å². The third-order valence-electron chi connectivity index (χ3n) is 6.52. The number of rotatable bonds is 0. The van der Waals surface area contributed by atoms with Crippen molar-refractivity contribution in [3.05, 3.63) is 72.8 Å². The second kappa shape index (κ2) is 5.98. The molecule has 3 aromatic carbocycles. The first-order chi connectivity index (χ1) is 14.9. The van der Waals surface area contributed by atoms with E-state index in [-0.39, 0.29) is 18.5 Å². The zero-order chi connectivity index (χ0) is 19.7. The maximum Gasteiger partial charge on any atom is 0.142 e. The van der Waals surface area contributed by atoms with Crippen molar-refractivity contribution in [3.63, 3.8) is 0 Å². The van der Waals surface area contributed by atoms with E-state index in [9.17, 15) is 0 Å². The molecule has 150 valence electrons. The van der Waals surface area contributed by atoms with Crippen molar-refractivity contribution in [2.24, 2.45) is 0 Å². The second-order valence-electron chi connectivity index (χ2n) is 8.00. The summed E-state index contributed by atoms with van der Waals surface area (Å²) in [5, 5.41) is 0. The van der Waals surface area contributed by atoms with Crippen LogP contribution < -0.4 is 28.9 Å². The van der Waals surface area contributed by atoms with E-state index in [0.717, 1.165) is 34.3 Å². The molecule has 0 radical (unpaired) electrons. The van der Waals surface area contributed by atoms with Crippen molar-refractivity contribution in [3.8, 4) is 17.2 Å². The van der Waals surface area contributed by atoms with Crippen LogP contribution in [0, 0.1) is 0 Å². The third kappa shape index (κ3) is 2.08.